The van der Waals surface area contributed by atoms with Crippen molar-refractivity contribution in [1.82, 2.24) is 5.32 Å². The zero-order valence-electron chi connectivity index (χ0n) is 18.2. The molecule has 0 heterocycles. The summed E-state index contributed by atoms with van der Waals surface area (Å²) in [7, 11) is 0. The fraction of sp³-hybridized carbons (Fsp3) is 0.269. The van der Waals surface area contributed by atoms with Crippen LogP contribution in [0.5, 0.6) is 5.75 Å². The zero-order valence-corrected chi connectivity index (χ0v) is 19.0. The van der Waals surface area contributed by atoms with Crippen LogP contribution >= 0.6 is 11.6 Å². The second-order valence-corrected chi connectivity index (χ2v) is 8.94. The quantitative estimate of drug-likeness (QED) is 0.459. The molecule has 31 heavy (non-hydrogen) atoms. The molecule has 2 N–H and O–H groups in total. The number of anilines is 1. The van der Waals surface area contributed by atoms with Gasteiger partial charge in [0.2, 0.25) is 0 Å². The molecule has 1 amide bonds. The van der Waals surface area contributed by atoms with Gasteiger partial charge in [0.05, 0.1) is 0 Å². The van der Waals surface area contributed by atoms with Crippen LogP contribution in [0, 0.1) is 0 Å². The highest BCUT2D eigenvalue weighted by Crippen LogP contribution is 2.22. The van der Waals surface area contributed by atoms with Crippen LogP contribution in [-0.2, 0) is 23.3 Å². The Kier molecular flexibility index (Phi) is 7.72. The van der Waals surface area contributed by atoms with Crippen LogP contribution < -0.4 is 15.4 Å². The second kappa shape index (κ2) is 10.5. The summed E-state index contributed by atoms with van der Waals surface area (Å²) in [6.45, 7) is 7.99. The molecule has 0 aromatic heterocycles. The van der Waals surface area contributed by atoms with E-state index < -0.39 is 0 Å². The predicted molar refractivity (Wildman–Crippen MR) is 128 cm³/mol. The molecule has 0 bridgehead atoms. The van der Waals surface area contributed by atoms with E-state index >= 15 is 0 Å². The van der Waals surface area contributed by atoms with Crippen molar-refractivity contribution >= 4 is 23.2 Å². The highest BCUT2D eigenvalue weighted by molar-refractivity contribution is 6.30. The SMILES string of the molecule is CC(C)(C)c1ccc(CNCc2ccccc2OCC(=O)Nc2ccc(Cl)cc2)cc1. The molecule has 0 saturated carbocycles. The van der Waals surface area contributed by atoms with Crippen molar-refractivity contribution in [2.45, 2.75) is 39.3 Å². The minimum absolute atomic E-state index is 0.0616. The fourth-order valence-corrected chi connectivity index (χ4v) is 3.25. The number of carbonyl (C=O) groups excluding carboxylic acids is 1. The van der Waals surface area contributed by atoms with Crippen molar-refractivity contribution in [2.75, 3.05) is 11.9 Å². The van der Waals surface area contributed by atoms with E-state index in [-0.39, 0.29) is 17.9 Å². The maximum Gasteiger partial charge on any atom is 0.262 e. The van der Waals surface area contributed by atoms with Crippen molar-refractivity contribution in [1.29, 1.82) is 0 Å². The lowest BCUT2D eigenvalue weighted by Crippen LogP contribution is -2.21. The second-order valence-electron chi connectivity index (χ2n) is 8.50. The number of hydrogen-bond acceptors (Lipinski definition) is 3. The molecule has 0 radical (unpaired) electrons. The van der Waals surface area contributed by atoms with E-state index in [2.05, 4.69) is 55.7 Å². The van der Waals surface area contributed by atoms with Gasteiger partial charge in [0.25, 0.3) is 5.91 Å². The Balaban J connectivity index is 1.50. The molecule has 0 spiro atoms. The van der Waals surface area contributed by atoms with Crippen LogP contribution in [-0.4, -0.2) is 12.5 Å². The summed E-state index contributed by atoms with van der Waals surface area (Å²) in [6, 6.07) is 23.4. The maximum atomic E-state index is 12.2. The first-order valence-corrected chi connectivity index (χ1v) is 10.8. The Labute approximate surface area is 189 Å². The van der Waals surface area contributed by atoms with Gasteiger partial charge in [-0.3, -0.25) is 4.79 Å². The molecular formula is C26H29ClN2O2. The average Bonchev–Trinajstić information content (AvgIpc) is 2.74. The summed E-state index contributed by atoms with van der Waals surface area (Å²) in [5.74, 6) is 0.480. The highest BCUT2D eigenvalue weighted by atomic mass is 35.5. The number of benzene rings is 3. The third kappa shape index (κ3) is 7.12. The molecule has 3 aromatic rings. The molecular weight excluding hydrogens is 408 g/mol. The standard InChI is InChI=1S/C26H29ClN2O2/c1-26(2,3)21-10-8-19(9-11-21)16-28-17-20-6-4-5-7-24(20)31-18-25(30)29-23-14-12-22(27)13-15-23/h4-15,28H,16-18H2,1-3H3,(H,29,30). The van der Waals surface area contributed by atoms with E-state index in [0.29, 0.717) is 23.0 Å². The number of amides is 1. The molecule has 0 unspecified atom stereocenters. The van der Waals surface area contributed by atoms with Crippen LogP contribution in [0.4, 0.5) is 5.69 Å². The van der Waals surface area contributed by atoms with Crippen molar-refractivity contribution < 1.29 is 9.53 Å². The number of ether oxygens (including phenoxy) is 1. The minimum Gasteiger partial charge on any atom is -0.483 e. The molecule has 162 valence electrons. The number of hydrogen-bond donors (Lipinski definition) is 2. The van der Waals surface area contributed by atoms with Crippen LogP contribution in [0.2, 0.25) is 5.02 Å². The van der Waals surface area contributed by atoms with Crippen LogP contribution in [0.15, 0.2) is 72.8 Å². The monoisotopic (exact) mass is 436 g/mol. The van der Waals surface area contributed by atoms with Crippen molar-refractivity contribution in [3.05, 3.63) is 94.5 Å². The Hall–Kier alpha value is -2.82. The number of rotatable bonds is 8. The summed E-state index contributed by atoms with van der Waals surface area (Å²) in [4.78, 5) is 12.2. The molecule has 5 heteroatoms. The zero-order chi connectivity index (χ0) is 22.3. The summed E-state index contributed by atoms with van der Waals surface area (Å²) in [5, 5.41) is 6.88. The molecule has 4 nitrogen and oxygen atoms in total. The predicted octanol–water partition coefficient (Wildman–Crippen LogP) is 5.94. The highest BCUT2D eigenvalue weighted by Gasteiger charge is 2.13. The third-order valence-electron chi connectivity index (χ3n) is 4.92. The maximum absolute atomic E-state index is 12.2. The lowest BCUT2D eigenvalue weighted by Gasteiger charge is -2.19. The smallest absolute Gasteiger partial charge is 0.262 e. The van der Waals surface area contributed by atoms with Gasteiger partial charge in [-0.1, -0.05) is 74.8 Å². The van der Waals surface area contributed by atoms with Crippen molar-refractivity contribution in [2.24, 2.45) is 0 Å². The Morgan fingerprint density at radius 1 is 0.903 bits per heavy atom. The van der Waals surface area contributed by atoms with Gasteiger partial charge in [-0.2, -0.15) is 0 Å². The first-order valence-electron chi connectivity index (χ1n) is 10.4. The summed E-state index contributed by atoms with van der Waals surface area (Å²) in [5.41, 5.74) is 4.40. The van der Waals surface area contributed by atoms with Gasteiger partial charge in [-0.25, -0.2) is 0 Å². The molecule has 0 saturated heterocycles. The normalized spacial score (nSPS) is 11.2. The van der Waals surface area contributed by atoms with E-state index in [1.807, 2.05) is 24.3 Å². The molecule has 3 rings (SSSR count). The number of carbonyl (C=O) groups is 1. The Morgan fingerprint density at radius 3 is 2.26 bits per heavy atom. The largest absolute Gasteiger partial charge is 0.483 e. The van der Waals surface area contributed by atoms with Gasteiger partial charge < -0.3 is 15.4 Å². The Bertz CT molecular complexity index is 993. The van der Waals surface area contributed by atoms with Gasteiger partial charge in [-0.15, -0.1) is 0 Å². The lowest BCUT2D eigenvalue weighted by molar-refractivity contribution is -0.118. The van der Waals surface area contributed by atoms with E-state index in [1.165, 1.54) is 11.1 Å². The van der Waals surface area contributed by atoms with Gasteiger partial charge in [0.15, 0.2) is 6.61 Å². The topological polar surface area (TPSA) is 50.4 Å². The summed E-state index contributed by atoms with van der Waals surface area (Å²) in [6.07, 6.45) is 0. The molecule has 0 atom stereocenters. The Morgan fingerprint density at radius 2 is 1.58 bits per heavy atom. The van der Waals surface area contributed by atoms with E-state index in [9.17, 15) is 4.79 Å². The van der Waals surface area contributed by atoms with Crippen LogP contribution in [0.1, 0.15) is 37.5 Å². The lowest BCUT2D eigenvalue weighted by atomic mass is 9.87. The van der Waals surface area contributed by atoms with Crippen molar-refractivity contribution in [3.63, 3.8) is 0 Å². The number of nitrogens with one attached hydrogen (secondary N) is 2. The average molecular weight is 437 g/mol. The van der Waals surface area contributed by atoms with Crippen LogP contribution in [0.3, 0.4) is 0 Å². The van der Waals surface area contributed by atoms with Gasteiger partial charge in [0.1, 0.15) is 5.75 Å². The van der Waals surface area contributed by atoms with E-state index in [4.69, 9.17) is 16.3 Å². The van der Waals surface area contributed by atoms with E-state index in [0.717, 1.165) is 12.1 Å². The van der Waals surface area contributed by atoms with Crippen molar-refractivity contribution in [3.8, 4) is 5.75 Å². The third-order valence-corrected chi connectivity index (χ3v) is 5.18. The molecule has 0 aliphatic carbocycles. The molecule has 3 aromatic carbocycles. The first kappa shape index (κ1) is 22.9. The molecule has 0 fully saturated rings. The van der Waals surface area contributed by atoms with Gasteiger partial charge in [0, 0.05) is 29.4 Å². The molecule has 0 aliphatic rings. The molecule has 0 aliphatic heterocycles. The van der Waals surface area contributed by atoms with Gasteiger partial charge in [-0.05, 0) is 46.9 Å². The summed E-state index contributed by atoms with van der Waals surface area (Å²) < 4.78 is 5.77. The summed E-state index contributed by atoms with van der Waals surface area (Å²) >= 11 is 5.87. The van der Waals surface area contributed by atoms with E-state index in [1.54, 1.807) is 24.3 Å². The fourth-order valence-electron chi connectivity index (χ4n) is 3.13. The first-order chi connectivity index (χ1) is 14.8. The van der Waals surface area contributed by atoms with Crippen LogP contribution in [0.25, 0.3) is 0 Å². The number of para-hydroxylation sites is 1. The van der Waals surface area contributed by atoms with Gasteiger partial charge >= 0.3 is 0 Å². The number of halogens is 1. The minimum atomic E-state index is -0.218.